The van der Waals surface area contributed by atoms with Gasteiger partial charge in [0.1, 0.15) is 5.50 Å². The summed E-state index contributed by atoms with van der Waals surface area (Å²) in [4.78, 5) is 11.4. The molecule has 17 heavy (non-hydrogen) atoms. The second-order valence-corrected chi connectivity index (χ2v) is 4.46. The Labute approximate surface area is 103 Å². The number of carbonyl (C=O) groups excluding carboxylic acids is 1. The zero-order valence-corrected chi connectivity index (χ0v) is 9.75. The Bertz CT molecular complexity index is 436. The van der Waals surface area contributed by atoms with Gasteiger partial charge >= 0.3 is 0 Å². The third-order valence-corrected chi connectivity index (χ3v) is 3.29. The van der Waals surface area contributed by atoms with Gasteiger partial charge in [0.15, 0.2) is 0 Å². The lowest BCUT2D eigenvalue weighted by atomic mass is 10.3. The van der Waals surface area contributed by atoms with Crippen LogP contribution in [0.5, 0.6) is 0 Å². The van der Waals surface area contributed by atoms with Gasteiger partial charge in [-0.1, -0.05) is 23.9 Å². The molecule has 1 heterocycles. The van der Waals surface area contributed by atoms with Gasteiger partial charge in [-0.05, 0) is 12.1 Å². The first-order valence-electron chi connectivity index (χ1n) is 5.02. The van der Waals surface area contributed by atoms with Gasteiger partial charge in [0.05, 0.1) is 11.4 Å². The summed E-state index contributed by atoms with van der Waals surface area (Å²) < 4.78 is 0. The second kappa shape index (κ2) is 5.40. The van der Waals surface area contributed by atoms with Gasteiger partial charge in [-0.2, -0.15) is 0 Å². The van der Waals surface area contributed by atoms with Crippen LogP contribution < -0.4 is 16.0 Å². The quantitative estimate of drug-likeness (QED) is 0.468. The summed E-state index contributed by atoms with van der Waals surface area (Å²) in [6.45, 7) is 0. The molecule has 0 radical (unpaired) electrons. The van der Waals surface area contributed by atoms with Crippen LogP contribution in [0.2, 0.25) is 0 Å². The van der Waals surface area contributed by atoms with E-state index in [1.54, 1.807) is 18.0 Å². The number of benzene rings is 1. The van der Waals surface area contributed by atoms with Gasteiger partial charge < -0.3 is 21.4 Å². The molecule has 5 nitrogen and oxygen atoms in total. The van der Waals surface area contributed by atoms with E-state index in [0.29, 0.717) is 12.1 Å². The van der Waals surface area contributed by atoms with Crippen molar-refractivity contribution in [1.29, 1.82) is 5.41 Å². The summed E-state index contributed by atoms with van der Waals surface area (Å²) in [5.41, 5.74) is 1.51. The summed E-state index contributed by atoms with van der Waals surface area (Å²) in [5.74, 6) is 0. The average Bonchev–Trinajstić information content (AvgIpc) is 2.77. The van der Waals surface area contributed by atoms with Crippen LogP contribution in [-0.2, 0) is 4.79 Å². The number of hydrogen-bond acceptors (Lipinski definition) is 5. The average molecular weight is 248 g/mol. The predicted molar refractivity (Wildman–Crippen MR) is 68.9 cm³/mol. The van der Waals surface area contributed by atoms with Crippen molar-refractivity contribution in [1.82, 2.24) is 10.6 Å². The zero-order valence-electron chi connectivity index (χ0n) is 8.94. The van der Waals surface area contributed by atoms with Crippen LogP contribution in [0.15, 0.2) is 41.1 Å². The van der Waals surface area contributed by atoms with Crippen molar-refractivity contribution in [2.45, 2.75) is 10.4 Å². The second-order valence-electron chi connectivity index (χ2n) is 3.31. The van der Waals surface area contributed by atoms with E-state index in [1.807, 2.05) is 24.3 Å². The number of amides is 1. The Hall–Kier alpha value is -1.95. The topological polar surface area (TPSA) is 77.0 Å². The molecule has 0 saturated heterocycles. The fourth-order valence-electron chi connectivity index (χ4n) is 1.42. The van der Waals surface area contributed by atoms with E-state index < -0.39 is 0 Å². The molecule has 2 rings (SSSR count). The minimum atomic E-state index is 0.0100. The number of anilines is 1. The molecule has 4 N–H and O–H groups in total. The van der Waals surface area contributed by atoms with Crippen LogP contribution in [0, 0.1) is 5.41 Å². The van der Waals surface area contributed by atoms with E-state index in [1.165, 1.54) is 4.90 Å². The molecule has 1 aliphatic rings. The van der Waals surface area contributed by atoms with Crippen LogP contribution in [-0.4, -0.2) is 18.1 Å². The van der Waals surface area contributed by atoms with Crippen molar-refractivity contribution in [2.24, 2.45) is 0 Å². The number of para-hydroxylation sites is 1. The van der Waals surface area contributed by atoms with E-state index in [2.05, 4.69) is 16.0 Å². The number of thioether (sulfide) groups is 1. The Kier molecular flexibility index (Phi) is 3.66. The first-order chi connectivity index (χ1) is 8.33. The molecular formula is C11H12N4OS. The highest BCUT2D eigenvalue weighted by atomic mass is 32.2. The fraction of sp³-hybridized carbons (Fsp3) is 0.0909. The number of nitrogens with one attached hydrogen (secondary N) is 4. The predicted octanol–water partition coefficient (Wildman–Crippen LogP) is 1.31. The summed E-state index contributed by atoms with van der Waals surface area (Å²) >= 11 is 1.65. The minimum Gasteiger partial charge on any atom is -0.361 e. The van der Waals surface area contributed by atoms with Crippen molar-refractivity contribution in [3.63, 3.8) is 0 Å². The normalized spacial score (nSPS) is 17.9. The molecule has 0 fully saturated rings. The standard InChI is InChI=1S/C11H12N4OS/c12-5-8(14-7-16)6-13-11-15-9-3-1-2-4-10(9)17-11/h1-7,11-13,15H,(H,14,16)/b8-6+,12-5?. The van der Waals surface area contributed by atoms with Crippen LogP contribution in [0.4, 0.5) is 5.69 Å². The van der Waals surface area contributed by atoms with Gasteiger partial charge in [-0.25, -0.2) is 0 Å². The van der Waals surface area contributed by atoms with Crippen LogP contribution in [0.1, 0.15) is 0 Å². The maximum Gasteiger partial charge on any atom is 0.211 e. The first-order valence-corrected chi connectivity index (χ1v) is 5.90. The zero-order chi connectivity index (χ0) is 12.1. The molecule has 6 heteroatoms. The summed E-state index contributed by atoms with van der Waals surface area (Å²) in [6, 6.07) is 8.01. The van der Waals surface area contributed by atoms with Gasteiger partial charge in [0, 0.05) is 17.3 Å². The SMILES string of the molecule is N=C/C(=C\NC1Nc2ccccc2S1)NC=O. The molecule has 0 aliphatic carbocycles. The molecule has 1 unspecified atom stereocenters. The number of rotatable bonds is 5. The number of carbonyl (C=O) groups is 1. The van der Waals surface area contributed by atoms with E-state index in [0.717, 1.165) is 11.9 Å². The highest BCUT2D eigenvalue weighted by Crippen LogP contribution is 2.36. The van der Waals surface area contributed by atoms with Crippen LogP contribution >= 0.6 is 11.8 Å². The largest absolute Gasteiger partial charge is 0.361 e. The molecule has 0 saturated carbocycles. The van der Waals surface area contributed by atoms with Gasteiger partial charge in [-0.15, -0.1) is 0 Å². The smallest absolute Gasteiger partial charge is 0.211 e. The van der Waals surface area contributed by atoms with Crippen LogP contribution in [0.3, 0.4) is 0 Å². The number of fused-ring (bicyclic) bond motifs is 1. The first kappa shape index (κ1) is 11.5. The third-order valence-electron chi connectivity index (χ3n) is 2.19. The molecule has 1 aromatic rings. The molecule has 1 aliphatic heterocycles. The minimum absolute atomic E-state index is 0.0100. The molecule has 1 atom stereocenters. The lowest BCUT2D eigenvalue weighted by Crippen LogP contribution is -2.27. The third kappa shape index (κ3) is 2.79. The highest BCUT2D eigenvalue weighted by molar-refractivity contribution is 8.00. The highest BCUT2D eigenvalue weighted by Gasteiger charge is 2.19. The van der Waals surface area contributed by atoms with E-state index >= 15 is 0 Å². The maximum absolute atomic E-state index is 10.2. The molecule has 88 valence electrons. The van der Waals surface area contributed by atoms with E-state index in [9.17, 15) is 4.79 Å². The molecule has 0 bridgehead atoms. The van der Waals surface area contributed by atoms with Crippen molar-refractivity contribution in [3.8, 4) is 0 Å². The number of hydrogen-bond donors (Lipinski definition) is 4. The van der Waals surface area contributed by atoms with Gasteiger partial charge in [0.2, 0.25) is 6.41 Å². The van der Waals surface area contributed by atoms with Gasteiger partial charge in [-0.3, -0.25) is 4.79 Å². The Morgan fingerprint density at radius 3 is 3.00 bits per heavy atom. The Morgan fingerprint density at radius 1 is 1.47 bits per heavy atom. The Balaban J connectivity index is 1.95. The van der Waals surface area contributed by atoms with Crippen LogP contribution in [0.25, 0.3) is 0 Å². The molecule has 1 aromatic carbocycles. The van der Waals surface area contributed by atoms with Gasteiger partial charge in [0.25, 0.3) is 0 Å². The number of allylic oxidation sites excluding steroid dienone is 1. The molecular weight excluding hydrogens is 236 g/mol. The van der Waals surface area contributed by atoms with E-state index in [-0.39, 0.29) is 5.50 Å². The van der Waals surface area contributed by atoms with Crippen molar-refractivity contribution < 1.29 is 4.79 Å². The molecule has 0 aromatic heterocycles. The monoisotopic (exact) mass is 248 g/mol. The summed E-state index contributed by atoms with van der Waals surface area (Å²) in [5, 5.41) is 15.9. The lowest BCUT2D eigenvalue weighted by Gasteiger charge is -2.11. The summed E-state index contributed by atoms with van der Waals surface area (Å²) in [6.07, 6.45) is 3.22. The van der Waals surface area contributed by atoms with E-state index in [4.69, 9.17) is 5.41 Å². The summed E-state index contributed by atoms with van der Waals surface area (Å²) in [7, 11) is 0. The van der Waals surface area contributed by atoms with Crippen molar-refractivity contribution in [2.75, 3.05) is 5.32 Å². The Morgan fingerprint density at radius 2 is 2.29 bits per heavy atom. The van der Waals surface area contributed by atoms with Crippen molar-refractivity contribution in [3.05, 3.63) is 36.2 Å². The maximum atomic E-state index is 10.2. The van der Waals surface area contributed by atoms with Crippen molar-refractivity contribution >= 4 is 30.1 Å². The molecule has 0 spiro atoms. The molecule has 1 amide bonds. The lowest BCUT2D eigenvalue weighted by molar-refractivity contribution is -0.108. The fourth-order valence-corrected chi connectivity index (χ4v) is 2.41.